The monoisotopic (exact) mass is 166 g/mol. The van der Waals surface area contributed by atoms with Crippen molar-refractivity contribution in [2.24, 2.45) is 5.73 Å². The second kappa shape index (κ2) is 3.52. The van der Waals surface area contributed by atoms with Gasteiger partial charge in [-0.3, -0.25) is 4.79 Å². The van der Waals surface area contributed by atoms with Gasteiger partial charge in [-0.15, -0.1) is 0 Å². The van der Waals surface area contributed by atoms with E-state index in [4.69, 9.17) is 5.73 Å². The molecular weight excluding hydrogens is 156 g/mol. The molecule has 0 aromatic rings. The van der Waals surface area contributed by atoms with Gasteiger partial charge in [-0.2, -0.15) is 0 Å². The fourth-order valence-corrected chi connectivity index (χ4v) is 1.01. The highest BCUT2D eigenvalue weighted by molar-refractivity contribution is 7.89. The van der Waals surface area contributed by atoms with E-state index in [1.165, 1.54) is 7.05 Å². The summed E-state index contributed by atoms with van der Waals surface area (Å²) >= 11 is 0. The molecule has 0 radical (unpaired) electrons. The summed E-state index contributed by atoms with van der Waals surface area (Å²) in [6.07, 6.45) is -0.136. The molecule has 0 fully saturated rings. The van der Waals surface area contributed by atoms with E-state index in [0.29, 0.717) is 0 Å². The molecule has 10 heavy (non-hydrogen) atoms. The molecule has 3 N–H and O–H groups in total. The Balaban J connectivity index is 3.81. The first-order valence-corrected chi connectivity index (χ1v) is 4.32. The Bertz CT molecular complexity index is 209. The van der Waals surface area contributed by atoms with Crippen LogP contribution in [0.4, 0.5) is 0 Å². The summed E-state index contributed by atoms with van der Waals surface area (Å²) in [5, 5.41) is 0. The Morgan fingerprint density at radius 2 is 2.10 bits per heavy atom. The number of sulfonamides is 1. The van der Waals surface area contributed by atoms with Gasteiger partial charge in [0, 0.05) is 6.42 Å². The highest BCUT2D eigenvalue weighted by atomic mass is 32.2. The Labute approximate surface area is 59.6 Å². The molecular formula is C4H10N2O3S. The number of hydrogen-bond donors (Lipinski definition) is 2. The third-order valence-corrected chi connectivity index (χ3v) is 2.29. The van der Waals surface area contributed by atoms with Crippen LogP contribution in [0.1, 0.15) is 6.42 Å². The van der Waals surface area contributed by atoms with Crippen LogP contribution >= 0.6 is 0 Å². The van der Waals surface area contributed by atoms with Crippen LogP contribution in [0.3, 0.4) is 0 Å². The third kappa shape index (κ3) is 4.28. The highest BCUT2D eigenvalue weighted by Gasteiger charge is 2.07. The fraction of sp³-hybridized carbons (Fsp3) is 0.750. The van der Waals surface area contributed by atoms with Crippen LogP contribution in [0.2, 0.25) is 0 Å². The van der Waals surface area contributed by atoms with Gasteiger partial charge in [0.15, 0.2) is 0 Å². The minimum absolute atomic E-state index is 0.136. The zero-order chi connectivity index (χ0) is 8.20. The van der Waals surface area contributed by atoms with E-state index in [-0.39, 0.29) is 12.2 Å². The lowest BCUT2D eigenvalue weighted by molar-refractivity contribution is -0.117. The van der Waals surface area contributed by atoms with Crippen molar-refractivity contribution in [3.63, 3.8) is 0 Å². The van der Waals surface area contributed by atoms with E-state index in [1.807, 2.05) is 0 Å². The summed E-state index contributed by atoms with van der Waals surface area (Å²) in [6.45, 7) is 0. The quantitative estimate of drug-likeness (QED) is 0.527. The zero-order valence-corrected chi connectivity index (χ0v) is 6.44. The van der Waals surface area contributed by atoms with Crippen LogP contribution in [0.15, 0.2) is 0 Å². The maximum atomic E-state index is 10.6. The van der Waals surface area contributed by atoms with Gasteiger partial charge in [0.05, 0.1) is 5.75 Å². The molecule has 0 saturated carbocycles. The molecule has 0 unspecified atom stereocenters. The van der Waals surface area contributed by atoms with Gasteiger partial charge < -0.3 is 5.73 Å². The van der Waals surface area contributed by atoms with Crippen LogP contribution in [0.5, 0.6) is 0 Å². The summed E-state index contributed by atoms with van der Waals surface area (Å²) in [5.74, 6) is -0.849. The van der Waals surface area contributed by atoms with Gasteiger partial charge in [0.1, 0.15) is 0 Å². The first-order chi connectivity index (χ1) is 4.48. The largest absolute Gasteiger partial charge is 0.370 e. The number of carbonyl (C=O) groups is 1. The SMILES string of the molecule is CNS(=O)(=O)CCC(N)=O. The van der Waals surface area contributed by atoms with Crippen molar-refractivity contribution in [1.29, 1.82) is 0 Å². The molecule has 0 saturated heterocycles. The average Bonchev–Trinajstić information content (AvgIpc) is 1.85. The van der Waals surface area contributed by atoms with Crippen molar-refractivity contribution in [2.45, 2.75) is 6.42 Å². The van der Waals surface area contributed by atoms with E-state index in [1.54, 1.807) is 0 Å². The number of nitrogens with two attached hydrogens (primary N) is 1. The molecule has 0 atom stereocenters. The predicted octanol–water partition coefficient (Wildman–Crippen LogP) is -1.59. The molecule has 1 amide bonds. The predicted molar refractivity (Wildman–Crippen MR) is 36.7 cm³/mol. The molecule has 0 aromatic heterocycles. The standard InChI is InChI=1S/C4H10N2O3S/c1-6-10(8,9)3-2-4(5)7/h6H,2-3H2,1H3,(H2,5,7). The van der Waals surface area contributed by atoms with Gasteiger partial charge in [0.2, 0.25) is 15.9 Å². The van der Waals surface area contributed by atoms with E-state index < -0.39 is 15.9 Å². The van der Waals surface area contributed by atoms with Crippen LogP contribution in [-0.2, 0) is 14.8 Å². The minimum atomic E-state index is -3.27. The van der Waals surface area contributed by atoms with Gasteiger partial charge >= 0.3 is 0 Å². The van der Waals surface area contributed by atoms with Gasteiger partial charge in [-0.25, -0.2) is 13.1 Å². The molecule has 0 aliphatic heterocycles. The van der Waals surface area contributed by atoms with E-state index >= 15 is 0 Å². The van der Waals surface area contributed by atoms with Crippen molar-refractivity contribution in [3.8, 4) is 0 Å². The molecule has 0 spiro atoms. The summed E-state index contributed by atoms with van der Waals surface area (Å²) in [4.78, 5) is 10.1. The molecule has 60 valence electrons. The number of rotatable bonds is 4. The van der Waals surface area contributed by atoms with E-state index in [0.717, 1.165) is 0 Å². The Morgan fingerprint density at radius 1 is 1.60 bits per heavy atom. The van der Waals surface area contributed by atoms with Crippen molar-refractivity contribution in [2.75, 3.05) is 12.8 Å². The van der Waals surface area contributed by atoms with Crippen molar-refractivity contribution >= 4 is 15.9 Å². The maximum Gasteiger partial charge on any atom is 0.218 e. The minimum Gasteiger partial charge on any atom is -0.370 e. The smallest absolute Gasteiger partial charge is 0.218 e. The molecule has 0 bridgehead atoms. The second-order valence-electron chi connectivity index (χ2n) is 1.74. The van der Waals surface area contributed by atoms with E-state index in [9.17, 15) is 13.2 Å². The molecule has 6 heteroatoms. The molecule has 5 nitrogen and oxygen atoms in total. The normalized spacial score (nSPS) is 11.3. The highest BCUT2D eigenvalue weighted by Crippen LogP contribution is 1.85. The first kappa shape index (κ1) is 9.38. The Hall–Kier alpha value is -0.620. The third-order valence-electron chi connectivity index (χ3n) is 0.928. The first-order valence-electron chi connectivity index (χ1n) is 2.67. The molecule has 0 aliphatic carbocycles. The van der Waals surface area contributed by atoms with Gasteiger partial charge in [0.25, 0.3) is 0 Å². The zero-order valence-electron chi connectivity index (χ0n) is 5.62. The Morgan fingerprint density at radius 3 is 2.40 bits per heavy atom. The number of primary amides is 1. The van der Waals surface area contributed by atoms with Gasteiger partial charge in [-0.05, 0) is 7.05 Å². The van der Waals surface area contributed by atoms with Crippen LogP contribution in [0.25, 0.3) is 0 Å². The number of amides is 1. The summed E-state index contributed by atoms with van der Waals surface area (Å²) in [7, 11) is -1.98. The van der Waals surface area contributed by atoms with Crippen LogP contribution < -0.4 is 10.5 Å². The van der Waals surface area contributed by atoms with Crippen molar-refractivity contribution in [3.05, 3.63) is 0 Å². The summed E-state index contributed by atoms with van der Waals surface area (Å²) in [5.41, 5.74) is 4.72. The number of nitrogens with one attached hydrogen (secondary N) is 1. The lowest BCUT2D eigenvalue weighted by Gasteiger charge is -1.97. The van der Waals surface area contributed by atoms with Crippen molar-refractivity contribution < 1.29 is 13.2 Å². The average molecular weight is 166 g/mol. The van der Waals surface area contributed by atoms with Crippen LogP contribution in [-0.4, -0.2) is 27.1 Å². The number of carbonyl (C=O) groups excluding carboxylic acids is 1. The maximum absolute atomic E-state index is 10.6. The lowest BCUT2D eigenvalue weighted by atomic mass is 10.5. The summed E-state index contributed by atoms with van der Waals surface area (Å²) < 4.78 is 23.2. The second-order valence-corrected chi connectivity index (χ2v) is 3.79. The molecule has 0 heterocycles. The van der Waals surface area contributed by atoms with Crippen molar-refractivity contribution in [1.82, 2.24) is 4.72 Å². The molecule has 0 rings (SSSR count). The fourth-order valence-electron chi connectivity index (χ4n) is 0.337. The molecule has 0 aromatic carbocycles. The lowest BCUT2D eigenvalue weighted by Crippen LogP contribution is -2.25. The topological polar surface area (TPSA) is 89.3 Å². The Kier molecular flexibility index (Phi) is 3.31. The van der Waals surface area contributed by atoms with Gasteiger partial charge in [-0.1, -0.05) is 0 Å². The molecule has 0 aliphatic rings. The van der Waals surface area contributed by atoms with E-state index in [2.05, 4.69) is 4.72 Å². The number of hydrogen-bond acceptors (Lipinski definition) is 3. The summed E-state index contributed by atoms with van der Waals surface area (Å²) in [6, 6.07) is 0. The van der Waals surface area contributed by atoms with Crippen LogP contribution in [0, 0.1) is 0 Å².